The second kappa shape index (κ2) is 14.2. The van der Waals surface area contributed by atoms with Crippen molar-refractivity contribution in [3.63, 3.8) is 0 Å². The van der Waals surface area contributed by atoms with Gasteiger partial charge in [0.1, 0.15) is 11.3 Å². The monoisotopic (exact) mass is 628 g/mol. The Morgan fingerprint density at radius 3 is 1.84 bits per heavy atom. The van der Waals surface area contributed by atoms with Crippen LogP contribution < -0.4 is 26.6 Å². The molecule has 242 valence electrons. The smallest absolute Gasteiger partial charge is 0.407 e. The Balaban J connectivity index is 1.52. The molecule has 0 aromatic carbocycles. The minimum atomic E-state index is -1.24. The topological polar surface area (TPSA) is 233 Å². The number of hydrogen-bond donors (Lipinski definition) is 6. The minimum absolute atomic E-state index is 0.0301. The maximum Gasteiger partial charge on any atom is 0.407 e. The quantitative estimate of drug-likeness (QED) is 0.167. The molecule has 0 unspecified atom stereocenters. The van der Waals surface area contributed by atoms with Gasteiger partial charge in [-0.2, -0.15) is 0 Å². The third-order valence-corrected chi connectivity index (χ3v) is 5.88. The third kappa shape index (κ3) is 9.66. The van der Waals surface area contributed by atoms with Crippen LogP contribution in [0.1, 0.15) is 65.3 Å². The third-order valence-electron chi connectivity index (χ3n) is 5.88. The average Bonchev–Trinajstić information content (AvgIpc) is 3.58. The number of rotatable bonds is 12. The van der Waals surface area contributed by atoms with Crippen molar-refractivity contribution >= 4 is 53.0 Å². The number of imidazole rings is 2. The summed E-state index contributed by atoms with van der Waals surface area (Å²) in [5.41, 5.74) is -0.376. The molecule has 45 heavy (non-hydrogen) atoms. The molecule has 3 aromatic rings. The molecule has 0 aliphatic carbocycles. The van der Waals surface area contributed by atoms with E-state index in [-0.39, 0.29) is 60.6 Å². The number of aromatic carboxylic acids is 1. The van der Waals surface area contributed by atoms with Gasteiger partial charge >= 0.3 is 12.1 Å². The summed E-state index contributed by atoms with van der Waals surface area (Å²) in [6, 6.07) is 1.52. The van der Waals surface area contributed by atoms with E-state index < -0.39 is 41.3 Å². The number of alkyl carbamates (subject to hydrolysis) is 1. The van der Waals surface area contributed by atoms with Gasteiger partial charge in [0.2, 0.25) is 23.5 Å². The van der Waals surface area contributed by atoms with Gasteiger partial charge < -0.3 is 50.1 Å². The van der Waals surface area contributed by atoms with Gasteiger partial charge in [-0.15, -0.1) is 0 Å². The molecule has 0 radical (unpaired) electrons. The molecule has 0 aliphatic rings. The van der Waals surface area contributed by atoms with Crippen LogP contribution in [0, 0.1) is 0 Å². The molecule has 0 bridgehead atoms. The van der Waals surface area contributed by atoms with E-state index >= 15 is 0 Å². The highest BCUT2D eigenvalue weighted by Crippen LogP contribution is 2.18. The zero-order chi connectivity index (χ0) is 33.5. The van der Waals surface area contributed by atoms with Gasteiger partial charge in [-0.3, -0.25) is 19.2 Å². The predicted octanol–water partition coefficient (Wildman–Crippen LogP) is 1.05. The zero-order valence-corrected chi connectivity index (χ0v) is 25.7. The van der Waals surface area contributed by atoms with E-state index in [0.717, 1.165) is 0 Å². The maximum atomic E-state index is 13.0. The molecular weight excluding hydrogens is 592 g/mol. The van der Waals surface area contributed by atoms with Crippen molar-refractivity contribution in [2.75, 3.05) is 29.0 Å². The van der Waals surface area contributed by atoms with Crippen molar-refractivity contribution in [1.82, 2.24) is 34.3 Å². The number of nitrogens with one attached hydrogen (secondary N) is 5. The normalized spacial score (nSPS) is 11.0. The predicted molar refractivity (Wildman–Crippen MR) is 160 cm³/mol. The number of ether oxygens (including phenoxy) is 1. The van der Waals surface area contributed by atoms with E-state index in [1.54, 1.807) is 41.1 Å². The van der Waals surface area contributed by atoms with Crippen molar-refractivity contribution < 1.29 is 38.6 Å². The van der Waals surface area contributed by atoms with Gasteiger partial charge in [0.25, 0.3) is 11.8 Å². The molecular formula is C27H36N10O8. The molecule has 18 heteroatoms. The van der Waals surface area contributed by atoms with Crippen molar-refractivity contribution in [1.29, 1.82) is 0 Å². The Hall–Kier alpha value is -5.68. The molecule has 3 rings (SSSR count). The fourth-order valence-corrected chi connectivity index (χ4v) is 3.93. The van der Waals surface area contributed by atoms with E-state index in [0.29, 0.717) is 0 Å². The Morgan fingerprint density at radius 1 is 0.778 bits per heavy atom. The van der Waals surface area contributed by atoms with Crippen molar-refractivity contribution in [2.24, 2.45) is 21.1 Å². The Bertz CT molecular complexity index is 1610. The van der Waals surface area contributed by atoms with Crippen LogP contribution in [0.5, 0.6) is 0 Å². The Morgan fingerprint density at radius 2 is 1.31 bits per heavy atom. The van der Waals surface area contributed by atoms with Crippen molar-refractivity contribution in [2.45, 2.75) is 39.2 Å². The summed E-state index contributed by atoms with van der Waals surface area (Å²) in [6.45, 7) is 5.13. The summed E-state index contributed by atoms with van der Waals surface area (Å²) in [5.74, 6) is -3.53. The van der Waals surface area contributed by atoms with Gasteiger partial charge in [-0.25, -0.2) is 19.6 Å². The first-order valence-corrected chi connectivity index (χ1v) is 13.7. The molecule has 0 fully saturated rings. The second-order valence-electron chi connectivity index (χ2n) is 10.9. The number of carbonyl (C=O) groups is 6. The fraction of sp³-hybridized carbons (Fsp3) is 0.407. The van der Waals surface area contributed by atoms with Crippen molar-refractivity contribution in [3.8, 4) is 0 Å². The summed E-state index contributed by atoms with van der Waals surface area (Å²) in [4.78, 5) is 81.3. The van der Waals surface area contributed by atoms with Crippen LogP contribution in [-0.4, -0.2) is 83.2 Å². The fourth-order valence-electron chi connectivity index (χ4n) is 3.93. The number of anilines is 3. The summed E-state index contributed by atoms with van der Waals surface area (Å²) < 4.78 is 9.25. The summed E-state index contributed by atoms with van der Waals surface area (Å²) in [5, 5.41) is 21.8. The summed E-state index contributed by atoms with van der Waals surface area (Å²) in [6.07, 6.45) is 3.51. The highest BCUT2D eigenvalue weighted by molar-refractivity contribution is 6.07. The van der Waals surface area contributed by atoms with Crippen LogP contribution in [0.25, 0.3) is 0 Å². The first kappa shape index (κ1) is 33.8. The van der Waals surface area contributed by atoms with Gasteiger partial charge in [0.15, 0.2) is 11.6 Å². The molecule has 18 nitrogen and oxygen atoms in total. The van der Waals surface area contributed by atoms with Gasteiger partial charge in [0.05, 0.1) is 5.69 Å². The first-order valence-electron chi connectivity index (χ1n) is 13.7. The number of carboxylic acids is 1. The van der Waals surface area contributed by atoms with E-state index in [2.05, 4.69) is 36.6 Å². The van der Waals surface area contributed by atoms with Crippen LogP contribution in [0.2, 0.25) is 0 Å². The molecule has 6 N–H and O–H groups in total. The van der Waals surface area contributed by atoms with E-state index in [1.807, 2.05) is 0 Å². The summed E-state index contributed by atoms with van der Waals surface area (Å²) >= 11 is 0. The van der Waals surface area contributed by atoms with E-state index in [1.165, 1.54) is 39.2 Å². The van der Waals surface area contributed by atoms with E-state index in [4.69, 9.17) is 9.84 Å². The van der Waals surface area contributed by atoms with Gasteiger partial charge in [0, 0.05) is 65.7 Å². The first-order chi connectivity index (χ1) is 21.0. The lowest BCUT2D eigenvalue weighted by atomic mass is 10.2. The second-order valence-corrected chi connectivity index (χ2v) is 10.9. The van der Waals surface area contributed by atoms with Crippen LogP contribution in [-0.2, 0) is 35.5 Å². The summed E-state index contributed by atoms with van der Waals surface area (Å²) in [7, 11) is 4.63. The number of hydrogen-bond acceptors (Lipinski definition) is 9. The van der Waals surface area contributed by atoms with Gasteiger partial charge in [-0.05, 0) is 26.8 Å². The van der Waals surface area contributed by atoms with Gasteiger partial charge in [-0.1, -0.05) is 0 Å². The van der Waals surface area contributed by atoms with Crippen LogP contribution in [0.3, 0.4) is 0 Å². The molecule has 0 saturated carbocycles. The van der Waals surface area contributed by atoms with E-state index in [9.17, 15) is 28.8 Å². The molecule has 3 aromatic heterocycles. The molecule has 0 aliphatic heterocycles. The Kier molecular flexibility index (Phi) is 10.7. The molecule has 0 saturated heterocycles. The number of carboxylic acid groups (broad SMARTS) is 1. The van der Waals surface area contributed by atoms with Crippen LogP contribution >= 0.6 is 0 Å². The molecule has 0 atom stereocenters. The molecule has 0 spiro atoms. The number of amides is 5. The highest BCUT2D eigenvalue weighted by atomic mass is 16.6. The lowest BCUT2D eigenvalue weighted by Gasteiger charge is -2.19. The molecule has 5 amide bonds. The van der Waals surface area contributed by atoms with Crippen LogP contribution in [0.15, 0.2) is 24.7 Å². The zero-order valence-electron chi connectivity index (χ0n) is 25.7. The average molecular weight is 629 g/mol. The van der Waals surface area contributed by atoms with Crippen LogP contribution in [0.4, 0.5) is 22.1 Å². The lowest BCUT2D eigenvalue weighted by molar-refractivity contribution is -0.117. The highest BCUT2D eigenvalue weighted by Gasteiger charge is 2.22. The lowest BCUT2D eigenvalue weighted by Crippen LogP contribution is -2.34. The Labute approximate surface area is 257 Å². The SMILES string of the molecule is Cn1cc(NC(=O)CCNC(=O)c2c(NC(=O)c3nc(NC(=O)CCNC(=O)OC(C)(C)C)cn3C)ccn2C)nc1C(=O)O. The number of nitrogens with zero attached hydrogens (tertiary/aromatic N) is 5. The maximum absolute atomic E-state index is 13.0. The molecule has 3 heterocycles. The minimum Gasteiger partial charge on any atom is -0.475 e. The standard InChI is InChI=1S/C27H36N10O8/c1-27(2,3)45-26(44)29-11-8-19(39)31-16-13-36(5)21(33-16)24(41)30-15-9-12-35(4)20(15)23(40)28-10-7-18(38)32-17-14-37(6)22(34-17)25(42)43/h9,12-14H,7-8,10-11H2,1-6H3,(H,28,40)(H,29,44)(H,30,41)(H,31,39)(H,32,38)(H,42,43). The largest absolute Gasteiger partial charge is 0.475 e. The van der Waals surface area contributed by atoms with Crippen molar-refractivity contribution in [3.05, 3.63) is 42.0 Å². The number of aryl methyl sites for hydroxylation is 3. The number of carbonyl (C=O) groups excluding carboxylic acids is 5. The number of aromatic nitrogens is 5.